The molecule has 8 heteroatoms. The summed E-state index contributed by atoms with van der Waals surface area (Å²) in [6, 6.07) is 21.5. The zero-order valence-corrected chi connectivity index (χ0v) is 19.9. The number of carbonyl (C=O) groups excluding carboxylic acids is 3. The smallest absolute Gasteiger partial charge is 0.255 e. The maximum Gasteiger partial charge on any atom is 0.255 e. The van der Waals surface area contributed by atoms with E-state index in [1.165, 1.54) is 0 Å². The second-order valence-corrected chi connectivity index (χ2v) is 9.80. The molecule has 176 valence electrons. The van der Waals surface area contributed by atoms with Gasteiger partial charge >= 0.3 is 0 Å². The number of benzene rings is 3. The van der Waals surface area contributed by atoms with Crippen molar-refractivity contribution in [3.63, 3.8) is 0 Å². The van der Waals surface area contributed by atoms with E-state index in [9.17, 15) is 18.9 Å². The van der Waals surface area contributed by atoms with Gasteiger partial charge < -0.3 is 15.2 Å². The molecule has 5 rings (SSSR count). The molecule has 0 saturated heterocycles. The van der Waals surface area contributed by atoms with Crippen LogP contribution in [0.4, 0.5) is 11.4 Å². The summed E-state index contributed by atoms with van der Waals surface area (Å²) < 4.78 is 11.7. The molecular weight excluding hydrogens is 462 g/mol. The summed E-state index contributed by atoms with van der Waals surface area (Å²) in [6.45, 7) is 0. The number of allylic oxidation sites excluding steroid dienone is 1. The largest absolute Gasteiger partial charge is 0.612 e. The molecule has 1 aliphatic heterocycles. The van der Waals surface area contributed by atoms with Crippen LogP contribution in [0.3, 0.4) is 0 Å². The Labute approximate surface area is 206 Å². The first-order chi connectivity index (χ1) is 16.9. The lowest BCUT2D eigenvalue weighted by Gasteiger charge is -2.29. The minimum Gasteiger partial charge on any atom is -0.612 e. The third-order valence-corrected chi connectivity index (χ3v) is 7.03. The number of carbonyl (C=O) groups is 3. The van der Waals surface area contributed by atoms with Gasteiger partial charge in [-0.15, -0.1) is 0 Å². The number of hydrogen-bond acceptors (Lipinski definition) is 4. The lowest BCUT2D eigenvalue weighted by Crippen LogP contribution is -2.31. The van der Waals surface area contributed by atoms with Crippen LogP contribution < -0.4 is 15.5 Å². The lowest BCUT2D eigenvalue weighted by molar-refractivity contribution is -0.126. The molecule has 0 bridgehead atoms. The van der Waals surface area contributed by atoms with Crippen molar-refractivity contribution >= 4 is 46.0 Å². The zero-order valence-electron chi connectivity index (χ0n) is 19.0. The summed E-state index contributed by atoms with van der Waals surface area (Å²) in [4.78, 5) is 40.4. The van der Waals surface area contributed by atoms with E-state index in [2.05, 4.69) is 10.6 Å². The predicted molar refractivity (Wildman–Crippen MR) is 135 cm³/mol. The summed E-state index contributed by atoms with van der Waals surface area (Å²) in [6.07, 6.45) is 2.70. The van der Waals surface area contributed by atoms with Gasteiger partial charge in [-0.3, -0.25) is 19.3 Å². The minimum atomic E-state index is -1.18. The number of nitrogens with zero attached hydrogens (tertiary/aromatic N) is 1. The van der Waals surface area contributed by atoms with Crippen LogP contribution in [-0.4, -0.2) is 28.5 Å². The highest BCUT2D eigenvalue weighted by atomic mass is 32.2. The average Bonchev–Trinajstić information content (AvgIpc) is 2.99. The fraction of sp³-hybridized carbons (Fsp3) is 0.148. The van der Waals surface area contributed by atoms with E-state index >= 15 is 0 Å². The number of amides is 3. The lowest BCUT2D eigenvalue weighted by atomic mass is 9.91. The van der Waals surface area contributed by atoms with Crippen molar-refractivity contribution in [2.75, 3.05) is 16.5 Å². The Morgan fingerprint density at radius 1 is 1.00 bits per heavy atom. The van der Waals surface area contributed by atoms with Gasteiger partial charge in [0.15, 0.2) is 4.90 Å². The van der Waals surface area contributed by atoms with Crippen molar-refractivity contribution in [2.24, 2.45) is 0 Å². The van der Waals surface area contributed by atoms with Crippen LogP contribution in [0.2, 0.25) is 0 Å². The molecule has 3 amide bonds. The number of hydrogen-bond donors (Lipinski definition) is 2. The zero-order chi connectivity index (χ0) is 24.5. The summed E-state index contributed by atoms with van der Waals surface area (Å²) in [7, 11) is 0. The van der Waals surface area contributed by atoms with Gasteiger partial charge in [-0.25, -0.2) is 0 Å². The quantitative estimate of drug-likeness (QED) is 0.433. The van der Waals surface area contributed by atoms with Crippen LogP contribution in [0, 0.1) is 0 Å². The van der Waals surface area contributed by atoms with Crippen LogP contribution in [0.5, 0.6) is 0 Å². The average molecular weight is 486 g/mol. The Morgan fingerprint density at radius 3 is 2.54 bits per heavy atom. The van der Waals surface area contributed by atoms with Crippen LogP contribution in [0.15, 0.2) is 83.4 Å². The number of nitrogens with one attached hydrogen (secondary N) is 2. The molecule has 0 fully saturated rings. The van der Waals surface area contributed by atoms with Crippen molar-refractivity contribution in [3.8, 4) is 0 Å². The van der Waals surface area contributed by atoms with Crippen molar-refractivity contribution in [2.45, 2.75) is 24.2 Å². The molecule has 0 saturated carbocycles. The first kappa shape index (κ1) is 22.9. The number of aryl methyl sites for hydroxylation is 1. The Hall–Kier alpha value is -3.88. The van der Waals surface area contributed by atoms with E-state index in [0.29, 0.717) is 34.0 Å². The predicted octanol–water partition coefficient (Wildman–Crippen LogP) is 3.84. The normalized spacial score (nSPS) is 16.1. The fourth-order valence-electron chi connectivity index (χ4n) is 4.44. The van der Waals surface area contributed by atoms with Crippen molar-refractivity contribution in [1.82, 2.24) is 5.32 Å². The van der Waals surface area contributed by atoms with Gasteiger partial charge in [-0.1, -0.05) is 30.3 Å². The second-order valence-electron chi connectivity index (χ2n) is 8.42. The van der Waals surface area contributed by atoms with Crippen molar-refractivity contribution in [1.29, 1.82) is 0 Å². The maximum atomic E-state index is 13.1. The Morgan fingerprint density at radius 2 is 1.77 bits per heavy atom. The molecule has 1 heterocycles. The van der Waals surface area contributed by atoms with Gasteiger partial charge in [0.1, 0.15) is 12.7 Å². The first-order valence-corrected chi connectivity index (χ1v) is 12.8. The molecule has 0 aromatic heterocycles. The standard InChI is InChI=1S/C27H23N3O4S/c1-35(34)21-7-4-6-18(15-21)27(33)28-19-10-12-20(13-11-19)30-23-14-9-17-5-2-3-8-22(17)26(23)29-24(31)16-25(30)32/h2-8,10-13,15H,9,14,16H2,1H3,(H,28,33)(H,29,31). The summed E-state index contributed by atoms with van der Waals surface area (Å²) >= 11 is -1.18. The molecule has 2 aliphatic rings. The van der Waals surface area contributed by atoms with E-state index < -0.39 is 11.2 Å². The van der Waals surface area contributed by atoms with Gasteiger partial charge in [0, 0.05) is 28.6 Å². The summed E-state index contributed by atoms with van der Waals surface area (Å²) in [5.41, 5.74) is 5.09. The SMILES string of the molecule is C[S+]([O-])c1cccc(C(=O)Nc2ccc(N3C(=O)CC(=O)NC4=C3CCc3ccccc34)cc2)c1. The molecule has 2 N–H and O–H groups in total. The molecule has 3 aromatic carbocycles. The molecule has 35 heavy (non-hydrogen) atoms. The molecule has 1 aliphatic carbocycles. The van der Waals surface area contributed by atoms with E-state index in [4.69, 9.17) is 0 Å². The Bertz CT molecular complexity index is 1360. The van der Waals surface area contributed by atoms with Crippen LogP contribution in [0.1, 0.15) is 34.3 Å². The van der Waals surface area contributed by atoms with E-state index in [1.54, 1.807) is 59.7 Å². The Balaban J connectivity index is 1.43. The van der Waals surface area contributed by atoms with Crippen LogP contribution in [-0.2, 0) is 27.2 Å². The van der Waals surface area contributed by atoms with E-state index in [1.807, 2.05) is 24.3 Å². The number of rotatable bonds is 4. The summed E-state index contributed by atoms with van der Waals surface area (Å²) in [5, 5.41) is 5.77. The highest BCUT2D eigenvalue weighted by molar-refractivity contribution is 7.90. The van der Waals surface area contributed by atoms with E-state index in [-0.39, 0.29) is 24.1 Å². The van der Waals surface area contributed by atoms with E-state index in [0.717, 1.165) is 23.2 Å². The van der Waals surface area contributed by atoms with Gasteiger partial charge in [-0.2, -0.15) is 0 Å². The fourth-order valence-corrected chi connectivity index (χ4v) is 5.01. The van der Waals surface area contributed by atoms with Crippen molar-refractivity contribution in [3.05, 3.63) is 95.2 Å². The summed E-state index contributed by atoms with van der Waals surface area (Å²) in [5.74, 6) is -0.951. The monoisotopic (exact) mass is 485 g/mol. The van der Waals surface area contributed by atoms with Gasteiger partial charge in [0.25, 0.3) is 5.91 Å². The van der Waals surface area contributed by atoms with Crippen LogP contribution >= 0.6 is 0 Å². The molecule has 7 nitrogen and oxygen atoms in total. The number of anilines is 2. The van der Waals surface area contributed by atoms with Crippen LogP contribution in [0.25, 0.3) is 5.70 Å². The third kappa shape index (κ3) is 4.58. The van der Waals surface area contributed by atoms with Gasteiger partial charge in [0.2, 0.25) is 11.8 Å². The maximum absolute atomic E-state index is 13.1. The molecular formula is C27H23N3O4S. The minimum absolute atomic E-state index is 0.247. The highest BCUT2D eigenvalue weighted by Gasteiger charge is 2.32. The van der Waals surface area contributed by atoms with Gasteiger partial charge in [-0.05, 0) is 66.0 Å². The third-order valence-electron chi connectivity index (χ3n) is 6.11. The van der Waals surface area contributed by atoms with Crippen molar-refractivity contribution < 1.29 is 18.9 Å². The van der Waals surface area contributed by atoms with Gasteiger partial charge in [0.05, 0.1) is 11.4 Å². The molecule has 1 atom stereocenters. The number of fused-ring (bicyclic) bond motifs is 2. The molecule has 0 spiro atoms. The first-order valence-electron chi connectivity index (χ1n) is 11.2. The molecule has 0 radical (unpaired) electrons. The molecule has 1 unspecified atom stereocenters. The molecule has 3 aromatic rings. The topological polar surface area (TPSA) is 102 Å². The highest BCUT2D eigenvalue weighted by Crippen LogP contribution is 2.36. The Kier molecular flexibility index (Phi) is 6.15. The second kappa shape index (κ2) is 9.40.